The fourth-order valence-electron chi connectivity index (χ4n) is 1.89. The van der Waals surface area contributed by atoms with E-state index >= 15 is 0 Å². The summed E-state index contributed by atoms with van der Waals surface area (Å²) in [6, 6.07) is 7.71. The second kappa shape index (κ2) is 6.75. The van der Waals surface area contributed by atoms with Crippen molar-refractivity contribution in [2.45, 2.75) is 26.3 Å². The van der Waals surface area contributed by atoms with Gasteiger partial charge in [0.1, 0.15) is 12.3 Å². The predicted molar refractivity (Wildman–Crippen MR) is 75.7 cm³/mol. The van der Waals surface area contributed by atoms with Crippen molar-refractivity contribution in [1.29, 1.82) is 0 Å². The lowest BCUT2D eigenvalue weighted by Gasteiger charge is -2.09. The van der Waals surface area contributed by atoms with Crippen LogP contribution in [0.4, 0.5) is 0 Å². The van der Waals surface area contributed by atoms with Gasteiger partial charge in [-0.2, -0.15) is 5.10 Å². The normalized spacial score (nSPS) is 10.4. The molecule has 0 radical (unpaired) electrons. The van der Waals surface area contributed by atoms with Crippen LogP contribution in [0.15, 0.2) is 36.7 Å². The van der Waals surface area contributed by atoms with Crippen molar-refractivity contribution < 1.29 is 14.6 Å². The smallest absolute Gasteiger partial charge is 0.325 e. The van der Waals surface area contributed by atoms with Crippen molar-refractivity contribution in [2.24, 2.45) is 0 Å². The summed E-state index contributed by atoms with van der Waals surface area (Å²) in [5, 5.41) is 12.8. The molecule has 2 rings (SSSR count). The Hall–Kier alpha value is -2.30. The number of hydrogen-bond donors (Lipinski definition) is 1. The highest BCUT2D eigenvalue weighted by Gasteiger charge is 2.09. The van der Waals surface area contributed by atoms with Crippen LogP contribution in [0, 0.1) is 0 Å². The third-order valence-corrected chi connectivity index (χ3v) is 2.88. The summed E-state index contributed by atoms with van der Waals surface area (Å²) in [7, 11) is 0. The Balaban J connectivity index is 2.18. The number of carboxylic acids is 1. The number of hydrogen-bond acceptors (Lipinski definition) is 3. The van der Waals surface area contributed by atoms with Crippen molar-refractivity contribution in [3.05, 3.63) is 36.7 Å². The zero-order valence-corrected chi connectivity index (χ0v) is 11.5. The highest BCUT2D eigenvalue weighted by atomic mass is 16.5. The van der Waals surface area contributed by atoms with Crippen molar-refractivity contribution in [3.63, 3.8) is 0 Å². The molecule has 0 bridgehead atoms. The molecule has 1 N–H and O–H groups in total. The maximum atomic E-state index is 10.7. The third-order valence-electron chi connectivity index (χ3n) is 2.88. The molecular formula is C15H18N2O3. The summed E-state index contributed by atoms with van der Waals surface area (Å²) >= 11 is 0. The number of carbonyl (C=O) groups is 1. The van der Waals surface area contributed by atoms with Gasteiger partial charge < -0.3 is 9.84 Å². The van der Waals surface area contributed by atoms with Gasteiger partial charge in [-0.15, -0.1) is 0 Å². The molecule has 0 amide bonds. The predicted octanol–water partition coefficient (Wildman–Crippen LogP) is 2.81. The quantitative estimate of drug-likeness (QED) is 0.788. The van der Waals surface area contributed by atoms with Crippen LogP contribution in [-0.2, 0) is 11.3 Å². The second-order valence-corrected chi connectivity index (χ2v) is 4.52. The lowest BCUT2D eigenvalue weighted by molar-refractivity contribution is -0.137. The van der Waals surface area contributed by atoms with E-state index in [9.17, 15) is 4.79 Å². The van der Waals surface area contributed by atoms with Gasteiger partial charge in [-0.25, -0.2) is 0 Å². The van der Waals surface area contributed by atoms with Crippen molar-refractivity contribution >= 4 is 5.97 Å². The van der Waals surface area contributed by atoms with E-state index in [1.807, 2.05) is 24.3 Å². The topological polar surface area (TPSA) is 64.4 Å². The fourth-order valence-corrected chi connectivity index (χ4v) is 1.89. The van der Waals surface area contributed by atoms with Gasteiger partial charge in [0.25, 0.3) is 0 Å². The standard InChI is InChI=1S/C15H18N2O3/c1-2-3-8-20-14-7-5-4-6-13(14)12-9-16-17(10-12)11-15(18)19/h4-7,9-10H,2-3,8,11H2,1H3,(H,18,19). The third kappa shape index (κ3) is 3.60. The van der Waals surface area contributed by atoms with Crippen LogP contribution < -0.4 is 4.74 Å². The molecule has 0 atom stereocenters. The molecule has 106 valence electrons. The van der Waals surface area contributed by atoms with Crippen molar-refractivity contribution in [2.75, 3.05) is 6.61 Å². The molecule has 0 aliphatic carbocycles. The number of nitrogens with zero attached hydrogens (tertiary/aromatic N) is 2. The molecular weight excluding hydrogens is 256 g/mol. The van der Waals surface area contributed by atoms with Gasteiger partial charge >= 0.3 is 5.97 Å². The summed E-state index contributed by atoms with van der Waals surface area (Å²) in [6.45, 7) is 2.65. The van der Waals surface area contributed by atoms with Crippen LogP contribution in [0.5, 0.6) is 5.75 Å². The Morgan fingerprint density at radius 1 is 1.40 bits per heavy atom. The zero-order chi connectivity index (χ0) is 14.4. The number of ether oxygens (including phenoxy) is 1. The van der Waals surface area contributed by atoms with Crippen LogP contribution >= 0.6 is 0 Å². The van der Waals surface area contributed by atoms with Gasteiger partial charge in [0.2, 0.25) is 0 Å². The zero-order valence-electron chi connectivity index (χ0n) is 11.5. The van der Waals surface area contributed by atoms with Gasteiger partial charge in [0.15, 0.2) is 0 Å². The van der Waals surface area contributed by atoms with E-state index in [1.54, 1.807) is 12.4 Å². The molecule has 0 saturated heterocycles. The largest absolute Gasteiger partial charge is 0.493 e. The second-order valence-electron chi connectivity index (χ2n) is 4.52. The van der Waals surface area contributed by atoms with Crippen LogP contribution in [0.1, 0.15) is 19.8 Å². The van der Waals surface area contributed by atoms with Crippen molar-refractivity contribution in [1.82, 2.24) is 9.78 Å². The Morgan fingerprint density at radius 3 is 2.95 bits per heavy atom. The summed E-state index contributed by atoms with van der Waals surface area (Å²) in [6.07, 6.45) is 5.46. The van der Waals surface area contributed by atoms with E-state index < -0.39 is 5.97 Å². The maximum absolute atomic E-state index is 10.7. The highest BCUT2D eigenvalue weighted by molar-refractivity contribution is 5.70. The lowest BCUT2D eigenvalue weighted by Crippen LogP contribution is -2.08. The number of para-hydroxylation sites is 1. The van der Waals surface area contributed by atoms with E-state index in [0.29, 0.717) is 6.61 Å². The molecule has 20 heavy (non-hydrogen) atoms. The van der Waals surface area contributed by atoms with E-state index in [1.165, 1.54) is 4.68 Å². The number of unbranched alkanes of at least 4 members (excludes halogenated alkanes) is 1. The monoisotopic (exact) mass is 274 g/mol. The van der Waals surface area contributed by atoms with Crippen molar-refractivity contribution in [3.8, 4) is 16.9 Å². The minimum atomic E-state index is -0.910. The number of benzene rings is 1. The maximum Gasteiger partial charge on any atom is 0.325 e. The average molecular weight is 274 g/mol. The van der Waals surface area contributed by atoms with Crippen LogP contribution in [0.25, 0.3) is 11.1 Å². The Morgan fingerprint density at radius 2 is 2.20 bits per heavy atom. The molecule has 0 aliphatic heterocycles. The molecule has 0 spiro atoms. The van der Waals surface area contributed by atoms with Crippen LogP contribution in [0.2, 0.25) is 0 Å². The molecule has 0 unspecified atom stereocenters. The van der Waals surface area contributed by atoms with E-state index in [-0.39, 0.29) is 6.54 Å². The molecule has 5 nitrogen and oxygen atoms in total. The van der Waals surface area contributed by atoms with Gasteiger partial charge in [-0.05, 0) is 12.5 Å². The Kier molecular flexibility index (Phi) is 4.76. The molecule has 2 aromatic rings. The molecule has 0 aliphatic rings. The van der Waals surface area contributed by atoms with E-state index in [0.717, 1.165) is 29.7 Å². The summed E-state index contributed by atoms with van der Waals surface area (Å²) < 4.78 is 7.17. The summed E-state index contributed by atoms with van der Waals surface area (Å²) in [5.74, 6) is -0.108. The van der Waals surface area contributed by atoms with Crippen LogP contribution in [-0.4, -0.2) is 27.5 Å². The number of aliphatic carboxylic acids is 1. The van der Waals surface area contributed by atoms with E-state index in [4.69, 9.17) is 9.84 Å². The lowest BCUT2D eigenvalue weighted by atomic mass is 10.1. The number of aromatic nitrogens is 2. The molecule has 1 aromatic carbocycles. The van der Waals surface area contributed by atoms with E-state index in [2.05, 4.69) is 12.0 Å². The fraction of sp³-hybridized carbons (Fsp3) is 0.333. The summed E-state index contributed by atoms with van der Waals surface area (Å²) in [5.41, 5.74) is 1.79. The van der Waals surface area contributed by atoms with Gasteiger partial charge in [0, 0.05) is 17.3 Å². The van der Waals surface area contributed by atoms with Gasteiger partial charge in [-0.3, -0.25) is 9.48 Å². The number of rotatable bonds is 7. The minimum absolute atomic E-state index is 0.140. The first kappa shape index (κ1) is 14.1. The molecule has 5 heteroatoms. The molecule has 1 aromatic heterocycles. The van der Waals surface area contributed by atoms with Crippen LogP contribution in [0.3, 0.4) is 0 Å². The first-order chi connectivity index (χ1) is 9.70. The van der Waals surface area contributed by atoms with Gasteiger partial charge in [0.05, 0.1) is 12.8 Å². The Bertz CT molecular complexity index is 578. The van der Waals surface area contributed by atoms with Gasteiger partial charge in [-0.1, -0.05) is 31.5 Å². The highest BCUT2D eigenvalue weighted by Crippen LogP contribution is 2.29. The molecule has 0 saturated carbocycles. The average Bonchev–Trinajstić information content (AvgIpc) is 2.87. The molecule has 1 heterocycles. The minimum Gasteiger partial charge on any atom is -0.493 e. The number of carboxylic acid groups (broad SMARTS) is 1. The Labute approximate surface area is 117 Å². The molecule has 0 fully saturated rings. The SMILES string of the molecule is CCCCOc1ccccc1-c1cnn(CC(=O)O)c1. The summed E-state index contributed by atoms with van der Waals surface area (Å²) in [4.78, 5) is 10.7. The first-order valence-electron chi connectivity index (χ1n) is 6.67. The first-order valence-corrected chi connectivity index (χ1v) is 6.67.